The van der Waals surface area contributed by atoms with Crippen LogP contribution in [0.5, 0.6) is 0 Å². The molecule has 0 rings (SSSR count). The van der Waals surface area contributed by atoms with Gasteiger partial charge in [-0.3, -0.25) is 9.59 Å². The van der Waals surface area contributed by atoms with Crippen LogP contribution in [0.2, 0.25) is 0 Å². The van der Waals surface area contributed by atoms with Crippen LogP contribution in [-0.4, -0.2) is 30.2 Å². The highest BCUT2D eigenvalue weighted by molar-refractivity contribution is 5.84. The number of ketones is 2. The monoisotopic (exact) mass is 257 g/mol. The Morgan fingerprint density at radius 1 is 1.11 bits per heavy atom. The van der Waals surface area contributed by atoms with Crippen LogP contribution in [0.3, 0.4) is 0 Å². The maximum absolute atomic E-state index is 11.8. The molecule has 0 fully saturated rings. The highest BCUT2D eigenvalue weighted by atomic mass is 16.1. The molecule has 0 aromatic heterocycles. The van der Waals surface area contributed by atoms with Crippen LogP contribution in [0.1, 0.15) is 46.0 Å². The number of Topliss-reactive ketones (excluding diaryl/α,β-unsaturated/α-hetero) is 2. The van der Waals surface area contributed by atoms with Crippen LogP contribution in [0.25, 0.3) is 0 Å². The van der Waals surface area contributed by atoms with Crippen molar-refractivity contribution in [2.45, 2.75) is 58.0 Å². The number of hydrogen-bond acceptors (Lipinski definition) is 5. The predicted octanol–water partition coefficient (Wildman–Crippen LogP) is 0.344. The Morgan fingerprint density at radius 2 is 1.72 bits per heavy atom. The van der Waals surface area contributed by atoms with Crippen LogP contribution in [0.15, 0.2) is 0 Å². The number of carbonyl (C=O) groups excluding carboxylic acids is 2. The lowest BCUT2D eigenvalue weighted by atomic mass is 9.92. The Balaban J connectivity index is 3.91. The van der Waals surface area contributed by atoms with Gasteiger partial charge >= 0.3 is 0 Å². The van der Waals surface area contributed by atoms with E-state index in [-0.39, 0.29) is 17.5 Å². The Hall–Kier alpha value is -0.780. The van der Waals surface area contributed by atoms with Crippen LogP contribution < -0.4 is 17.2 Å². The van der Waals surface area contributed by atoms with Gasteiger partial charge in [-0.2, -0.15) is 0 Å². The standard InChI is InChI=1S/C13H27N3O2/c1-9(13(16)10(2)17)6-7-12(18)11(15)5-3-4-8-14/h9,11,13H,3-8,14-16H2,1-2H3/t9?,11-,13-/m0/s1. The molecule has 0 amide bonds. The lowest BCUT2D eigenvalue weighted by molar-refractivity contribution is -0.122. The largest absolute Gasteiger partial charge is 0.330 e. The van der Waals surface area contributed by atoms with E-state index in [1.807, 2.05) is 6.92 Å². The molecule has 0 aromatic carbocycles. The zero-order chi connectivity index (χ0) is 14.1. The molecule has 1 unspecified atom stereocenters. The Morgan fingerprint density at radius 3 is 2.22 bits per heavy atom. The summed E-state index contributed by atoms with van der Waals surface area (Å²) in [5.74, 6) is 0.0273. The van der Waals surface area contributed by atoms with E-state index < -0.39 is 12.1 Å². The number of rotatable bonds is 10. The van der Waals surface area contributed by atoms with Crippen molar-refractivity contribution in [1.29, 1.82) is 0 Å². The third-order valence-corrected chi connectivity index (χ3v) is 3.31. The third-order valence-electron chi connectivity index (χ3n) is 3.31. The molecular weight excluding hydrogens is 230 g/mol. The van der Waals surface area contributed by atoms with Gasteiger partial charge in [0.2, 0.25) is 0 Å². The minimum absolute atomic E-state index is 0.0164. The molecule has 0 saturated carbocycles. The summed E-state index contributed by atoms with van der Waals surface area (Å²) in [5, 5.41) is 0. The molecule has 0 aliphatic heterocycles. The molecular formula is C13H27N3O2. The topological polar surface area (TPSA) is 112 Å². The van der Waals surface area contributed by atoms with Gasteiger partial charge in [0.15, 0.2) is 0 Å². The van der Waals surface area contributed by atoms with Crippen molar-refractivity contribution >= 4 is 11.6 Å². The molecule has 5 nitrogen and oxygen atoms in total. The van der Waals surface area contributed by atoms with E-state index in [4.69, 9.17) is 17.2 Å². The van der Waals surface area contributed by atoms with Crippen LogP contribution in [-0.2, 0) is 9.59 Å². The molecule has 6 N–H and O–H groups in total. The SMILES string of the molecule is CC(=O)[C@@H](N)C(C)CCC(=O)[C@@H](N)CCCCN. The average molecular weight is 257 g/mol. The molecule has 0 aliphatic rings. The van der Waals surface area contributed by atoms with Crippen molar-refractivity contribution in [3.05, 3.63) is 0 Å². The predicted molar refractivity (Wildman–Crippen MR) is 72.9 cm³/mol. The van der Waals surface area contributed by atoms with Gasteiger partial charge in [-0.1, -0.05) is 13.3 Å². The molecule has 0 heterocycles. The second-order valence-corrected chi connectivity index (χ2v) is 5.01. The summed E-state index contributed by atoms with van der Waals surface area (Å²) in [6.07, 6.45) is 3.47. The normalized spacial score (nSPS) is 16.1. The zero-order valence-electron chi connectivity index (χ0n) is 11.5. The smallest absolute Gasteiger partial charge is 0.149 e. The fourth-order valence-electron chi connectivity index (χ4n) is 1.81. The molecule has 106 valence electrons. The second-order valence-electron chi connectivity index (χ2n) is 5.01. The van der Waals surface area contributed by atoms with E-state index >= 15 is 0 Å². The van der Waals surface area contributed by atoms with Gasteiger partial charge in [0.25, 0.3) is 0 Å². The summed E-state index contributed by atoms with van der Waals surface area (Å²) >= 11 is 0. The first-order chi connectivity index (χ1) is 8.40. The molecule has 0 aromatic rings. The Labute approximate surface area is 109 Å². The van der Waals surface area contributed by atoms with E-state index in [0.717, 1.165) is 12.8 Å². The highest BCUT2D eigenvalue weighted by Crippen LogP contribution is 2.12. The van der Waals surface area contributed by atoms with E-state index in [1.54, 1.807) is 0 Å². The Bertz CT molecular complexity index is 269. The molecule has 0 spiro atoms. The molecule has 0 aliphatic carbocycles. The molecule has 3 atom stereocenters. The van der Waals surface area contributed by atoms with Gasteiger partial charge in [-0.05, 0) is 38.6 Å². The second kappa shape index (κ2) is 9.19. The van der Waals surface area contributed by atoms with E-state index in [1.165, 1.54) is 6.92 Å². The maximum atomic E-state index is 11.8. The van der Waals surface area contributed by atoms with Gasteiger partial charge < -0.3 is 17.2 Å². The lowest BCUT2D eigenvalue weighted by Gasteiger charge is -2.17. The van der Waals surface area contributed by atoms with Gasteiger partial charge in [0.05, 0.1) is 12.1 Å². The van der Waals surface area contributed by atoms with Crippen molar-refractivity contribution in [3.8, 4) is 0 Å². The van der Waals surface area contributed by atoms with Crippen LogP contribution >= 0.6 is 0 Å². The highest BCUT2D eigenvalue weighted by Gasteiger charge is 2.20. The van der Waals surface area contributed by atoms with Gasteiger partial charge in [-0.15, -0.1) is 0 Å². The molecule has 0 bridgehead atoms. The summed E-state index contributed by atoms with van der Waals surface area (Å²) in [4.78, 5) is 22.8. The lowest BCUT2D eigenvalue weighted by Crippen LogP contribution is -2.36. The minimum atomic E-state index is -0.480. The summed E-state index contributed by atoms with van der Waals surface area (Å²) < 4.78 is 0. The van der Waals surface area contributed by atoms with Crippen molar-refractivity contribution in [3.63, 3.8) is 0 Å². The van der Waals surface area contributed by atoms with Gasteiger partial charge in [-0.25, -0.2) is 0 Å². The van der Waals surface area contributed by atoms with Crippen molar-refractivity contribution < 1.29 is 9.59 Å². The van der Waals surface area contributed by atoms with Crippen molar-refractivity contribution in [2.75, 3.05) is 6.54 Å². The summed E-state index contributed by atoms with van der Waals surface area (Å²) in [7, 11) is 0. The van der Waals surface area contributed by atoms with Crippen molar-refractivity contribution in [1.82, 2.24) is 0 Å². The quantitative estimate of drug-likeness (QED) is 0.489. The fraction of sp³-hybridized carbons (Fsp3) is 0.846. The number of hydrogen-bond donors (Lipinski definition) is 3. The van der Waals surface area contributed by atoms with E-state index in [2.05, 4.69) is 0 Å². The van der Waals surface area contributed by atoms with Crippen LogP contribution in [0.4, 0.5) is 0 Å². The van der Waals surface area contributed by atoms with E-state index in [0.29, 0.717) is 25.8 Å². The number of unbranched alkanes of at least 4 members (excludes halogenated alkanes) is 1. The molecule has 0 saturated heterocycles. The first kappa shape index (κ1) is 17.2. The zero-order valence-corrected chi connectivity index (χ0v) is 11.5. The summed E-state index contributed by atoms with van der Waals surface area (Å²) in [6.45, 7) is 3.99. The van der Waals surface area contributed by atoms with Crippen LogP contribution in [0, 0.1) is 5.92 Å². The molecule has 0 radical (unpaired) electrons. The molecule has 18 heavy (non-hydrogen) atoms. The van der Waals surface area contributed by atoms with Crippen molar-refractivity contribution in [2.24, 2.45) is 23.1 Å². The van der Waals surface area contributed by atoms with E-state index in [9.17, 15) is 9.59 Å². The average Bonchev–Trinajstić information content (AvgIpc) is 2.34. The number of nitrogens with two attached hydrogens (primary N) is 3. The first-order valence-electron chi connectivity index (χ1n) is 6.64. The fourth-order valence-corrected chi connectivity index (χ4v) is 1.81. The summed E-state index contributed by atoms with van der Waals surface area (Å²) in [5.41, 5.74) is 16.9. The summed E-state index contributed by atoms with van der Waals surface area (Å²) in [6, 6.07) is -0.886. The maximum Gasteiger partial charge on any atom is 0.149 e. The minimum Gasteiger partial charge on any atom is -0.330 e. The third kappa shape index (κ3) is 6.83. The van der Waals surface area contributed by atoms with Gasteiger partial charge in [0, 0.05) is 6.42 Å². The number of carbonyl (C=O) groups is 2. The first-order valence-corrected chi connectivity index (χ1v) is 6.64. The van der Waals surface area contributed by atoms with Gasteiger partial charge in [0.1, 0.15) is 11.6 Å². The molecule has 5 heteroatoms. The Kier molecular flexibility index (Phi) is 8.79.